The van der Waals surface area contributed by atoms with Gasteiger partial charge in [-0.05, 0) is 31.4 Å². The van der Waals surface area contributed by atoms with Crippen molar-refractivity contribution >= 4 is 0 Å². The summed E-state index contributed by atoms with van der Waals surface area (Å²) in [7, 11) is 0. The lowest BCUT2D eigenvalue weighted by Gasteiger charge is -2.27. The van der Waals surface area contributed by atoms with Gasteiger partial charge in [0.2, 0.25) is 0 Å². The minimum atomic E-state index is -0.474. The van der Waals surface area contributed by atoms with Gasteiger partial charge in [-0.3, -0.25) is 0 Å². The number of hydrogen-bond acceptors (Lipinski definition) is 2. The van der Waals surface area contributed by atoms with E-state index in [1.165, 1.54) is 31.4 Å². The fraction of sp³-hybridized carbons (Fsp3) is 0.750. The Labute approximate surface area is 117 Å². The number of nitrogens with one attached hydrogen (secondary N) is 1. The third-order valence-electron chi connectivity index (χ3n) is 4.18. The topological polar surface area (TPSA) is 37.2 Å². The van der Waals surface area contributed by atoms with Crippen molar-refractivity contribution in [2.45, 2.75) is 70.6 Å². The molecule has 3 nitrogen and oxygen atoms in total. The maximum absolute atomic E-state index is 10.6. The molecule has 19 heavy (non-hydrogen) atoms. The second kappa shape index (κ2) is 7.11. The van der Waals surface area contributed by atoms with E-state index in [0.717, 1.165) is 38.9 Å². The van der Waals surface area contributed by atoms with E-state index >= 15 is 0 Å². The first-order chi connectivity index (χ1) is 9.23. The van der Waals surface area contributed by atoms with Crippen LogP contribution in [-0.4, -0.2) is 21.8 Å². The zero-order valence-electron chi connectivity index (χ0n) is 12.2. The van der Waals surface area contributed by atoms with Crippen LogP contribution in [0.4, 0.5) is 0 Å². The Kier molecular flexibility index (Phi) is 5.46. The highest BCUT2D eigenvalue weighted by atomic mass is 16.3. The standard InChI is InChI=1S/C16H28N2O/c1-2-11-18-12-7-8-15(18)13-17-14-16(19)9-5-3-4-6-10-16/h7-8,12,17,19H,2-6,9-11,13-14H2,1H3. The van der Waals surface area contributed by atoms with Gasteiger partial charge in [-0.1, -0.05) is 32.6 Å². The first-order valence-electron chi connectivity index (χ1n) is 7.81. The van der Waals surface area contributed by atoms with Gasteiger partial charge in [0.25, 0.3) is 0 Å². The minimum Gasteiger partial charge on any atom is -0.389 e. The molecule has 1 aromatic heterocycles. The van der Waals surface area contributed by atoms with E-state index in [2.05, 4.69) is 35.1 Å². The lowest BCUT2D eigenvalue weighted by atomic mass is 9.94. The van der Waals surface area contributed by atoms with Crippen molar-refractivity contribution in [1.29, 1.82) is 0 Å². The maximum atomic E-state index is 10.6. The van der Waals surface area contributed by atoms with Crippen molar-refractivity contribution in [3.05, 3.63) is 24.0 Å². The summed E-state index contributed by atoms with van der Waals surface area (Å²) >= 11 is 0. The van der Waals surface area contributed by atoms with Gasteiger partial charge < -0.3 is 15.0 Å². The molecule has 0 spiro atoms. The summed E-state index contributed by atoms with van der Waals surface area (Å²) in [5.74, 6) is 0. The summed E-state index contributed by atoms with van der Waals surface area (Å²) in [6, 6.07) is 4.27. The molecule has 1 heterocycles. The molecule has 108 valence electrons. The molecule has 2 N–H and O–H groups in total. The molecule has 0 aromatic carbocycles. The number of aliphatic hydroxyl groups is 1. The van der Waals surface area contributed by atoms with Crippen LogP contribution in [-0.2, 0) is 13.1 Å². The molecule has 1 aliphatic carbocycles. The van der Waals surface area contributed by atoms with Crippen LogP contribution in [0.3, 0.4) is 0 Å². The van der Waals surface area contributed by atoms with Gasteiger partial charge in [0.05, 0.1) is 5.60 Å². The largest absolute Gasteiger partial charge is 0.389 e. The summed E-state index contributed by atoms with van der Waals surface area (Å²) in [6.45, 7) is 4.86. The third-order valence-corrected chi connectivity index (χ3v) is 4.18. The Balaban J connectivity index is 1.80. The second-order valence-corrected chi connectivity index (χ2v) is 5.94. The van der Waals surface area contributed by atoms with Gasteiger partial charge in [0.1, 0.15) is 0 Å². The fourth-order valence-electron chi connectivity index (χ4n) is 3.06. The van der Waals surface area contributed by atoms with E-state index in [9.17, 15) is 5.11 Å². The van der Waals surface area contributed by atoms with Crippen molar-refractivity contribution in [2.24, 2.45) is 0 Å². The normalized spacial score (nSPS) is 19.3. The van der Waals surface area contributed by atoms with Crippen molar-refractivity contribution in [3.63, 3.8) is 0 Å². The summed E-state index contributed by atoms with van der Waals surface area (Å²) in [6.07, 6.45) is 10.1. The van der Waals surface area contributed by atoms with E-state index in [4.69, 9.17) is 0 Å². The Morgan fingerprint density at radius 3 is 2.68 bits per heavy atom. The number of aromatic nitrogens is 1. The van der Waals surface area contributed by atoms with E-state index in [1.807, 2.05) is 0 Å². The molecule has 0 radical (unpaired) electrons. The number of rotatable bonds is 6. The maximum Gasteiger partial charge on any atom is 0.0771 e. The average molecular weight is 264 g/mol. The molecule has 0 aliphatic heterocycles. The molecular formula is C16H28N2O. The molecule has 0 atom stereocenters. The summed E-state index contributed by atoms with van der Waals surface area (Å²) in [4.78, 5) is 0. The average Bonchev–Trinajstić information content (AvgIpc) is 2.70. The molecule has 1 saturated carbocycles. The molecule has 1 fully saturated rings. The SMILES string of the molecule is CCCn1cccc1CNCC1(O)CCCCCC1. The number of nitrogens with zero attached hydrogens (tertiary/aromatic N) is 1. The summed E-state index contributed by atoms with van der Waals surface area (Å²) in [5.41, 5.74) is 0.845. The van der Waals surface area contributed by atoms with Crippen molar-refractivity contribution < 1.29 is 5.11 Å². The predicted molar refractivity (Wildman–Crippen MR) is 79.1 cm³/mol. The van der Waals surface area contributed by atoms with Gasteiger partial charge in [0.15, 0.2) is 0 Å². The molecular weight excluding hydrogens is 236 g/mol. The van der Waals surface area contributed by atoms with Crippen molar-refractivity contribution in [3.8, 4) is 0 Å². The molecule has 0 amide bonds. The summed E-state index contributed by atoms with van der Waals surface area (Å²) in [5, 5.41) is 14.0. The van der Waals surface area contributed by atoms with Gasteiger partial charge in [0, 0.05) is 31.5 Å². The zero-order valence-corrected chi connectivity index (χ0v) is 12.2. The Morgan fingerprint density at radius 2 is 2.00 bits per heavy atom. The van der Waals surface area contributed by atoms with Gasteiger partial charge in [-0.15, -0.1) is 0 Å². The quantitative estimate of drug-likeness (QED) is 0.775. The minimum absolute atomic E-state index is 0.474. The molecule has 0 unspecified atom stereocenters. The van der Waals surface area contributed by atoms with Crippen LogP contribution in [0.5, 0.6) is 0 Å². The molecule has 0 bridgehead atoms. The van der Waals surface area contributed by atoms with Crippen LogP contribution < -0.4 is 5.32 Å². The van der Waals surface area contributed by atoms with Crippen LogP contribution in [0, 0.1) is 0 Å². The zero-order chi connectivity index (χ0) is 13.6. The highest BCUT2D eigenvalue weighted by molar-refractivity contribution is 5.07. The fourth-order valence-corrected chi connectivity index (χ4v) is 3.06. The van der Waals surface area contributed by atoms with Crippen LogP contribution in [0.2, 0.25) is 0 Å². The Hall–Kier alpha value is -0.800. The lowest BCUT2D eigenvalue weighted by molar-refractivity contribution is 0.0249. The Bertz CT molecular complexity index is 365. The first kappa shape index (κ1) is 14.6. The van der Waals surface area contributed by atoms with Crippen LogP contribution in [0.1, 0.15) is 57.6 Å². The molecule has 1 aliphatic rings. The molecule has 2 rings (SSSR count). The molecule has 0 saturated heterocycles. The van der Waals surface area contributed by atoms with E-state index in [-0.39, 0.29) is 0 Å². The van der Waals surface area contributed by atoms with Crippen molar-refractivity contribution in [2.75, 3.05) is 6.54 Å². The van der Waals surface area contributed by atoms with Gasteiger partial charge in [-0.2, -0.15) is 0 Å². The predicted octanol–water partition coefficient (Wildman–Crippen LogP) is 3.07. The van der Waals surface area contributed by atoms with E-state index in [0.29, 0.717) is 0 Å². The molecule has 1 aromatic rings. The molecule has 3 heteroatoms. The van der Waals surface area contributed by atoms with Gasteiger partial charge in [-0.25, -0.2) is 0 Å². The lowest BCUT2D eigenvalue weighted by Crippen LogP contribution is -2.40. The van der Waals surface area contributed by atoms with Gasteiger partial charge >= 0.3 is 0 Å². The van der Waals surface area contributed by atoms with Crippen molar-refractivity contribution in [1.82, 2.24) is 9.88 Å². The smallest absolute Gasteiger partial charge is 0.0771 e. The van der Waals surface area contributed by atoms with E-state index < -0.39 is 5.60 Å². The highest BCUT2D eigenvalue weighted by Gasteiger charge is 2.27. The highest BCUT2D eigenvalue weighted by Crippen LogP contribution is 2.26. The number of hydrogen-bond donors (Lipinski definition) is 2. The second-order valence-electron chi connectivity index (χ2n) is 5.94. The van der Waals surface area contributed by atoms with Crippen LogP contribution >= 0.6 is 0 Å². The van der Waals surface area contributed by atoms with Crippen LogP contribution in [0.25, 0.3) is 0 Å². The van der Waals surface area contributed by atoms with Crippen LogP contribution in [0.15, 0.2) is 18.3 Å². The first-order valence-corrected chi connectivity index (χ1v) is 7.81. The monoisotopic (exact) mass is 264 g/mol. The summed E-state index contributed by atoms with van der Waals surface area (Å²) < 4.78 is 2.30. The third kappa shape index (κ3) is 4.36. The Morgan fingerprint density at radius 1 is 1.26 bits per heavy atom. The van der Waals surface area contributed by atoms with E-state index in [1.54, 1.807) is 0 Å². The number of aryl methyl sites for hydroxylation is 1.